The first-order valence-electron chi connectivity index (χ1n) is 4.18. The fourth-order valence-corrected chi connectivity index (χ4v) is 1.74. The third-order valence-corrected chi connectivity index (χ3v) is 2.78. The molecule has 1 N–H and O–H groups in total. The lowest BCUT2D eigenvalue weighted by molar-refractivity contribution is 0.264. The highest BCUT2D eigenvalue weighted by atomic mass is 32.2. The normalized spacial score (nSPS) is 11.9. The van der Waals surface area contributed by atoms with Gasteiger partial charge in [-0.2, -0.15) is 0 Å². The van der Waals surface area contributed by atoms with E-state index in [0.717, 1.165) is 0 Å². The molecule has 0 spiro atoms. The third-order valence-electron chi connectivity index (χ3n) is 1.75. The molecule has 7 heteroatoms. The number of aryl methyl sites for hydroxylation is 1. The molecule has 0 amide bonds. The van der Waals surface area contributed by atoms with Crippen LogP contribution < -0.4 is 0 Å². The molecule has 1 aromatic rings. The lowest BCUT2D eigenvalue weighted by atomic mass is 10.4. The molecule has 1 rings (SSSR count). The van der Waals surface area contributed by atoms with Crippen LogP contribution in [0.15, 0.2) is 6.33 Å². The van der Waals surface area contributed by atoms with E-state index >= 15 is 0 Å². The van der Waals surface area contributed by atoms with E-state index in [2.05, 4.69) is 10.2 Å². The summed E-state index contributed by atoms with van der Waals surface area (Å²) in [6, 6.07) is 0. The molecule has 0 fully saturated rings. The summed E-state index contributed by atoms with van der Waals surface area (Å²) < 4.78 is 23.3. The minimum Gasteiger partial charge on any atom is -0.388 e. The highest BCUT2D eigenvalue weighted by molar-refractivity contribution is 7.90. The second-order valence-electron chi connectivity index (χ2n) is 3.08. The first-order valence-corrected chi connectivity index (χ1v) is 6.24. The van der Waals surface area contributed by atoms with Crippen LogP contribution in [-0.4, -0.2) is 40.3 Å². The zero-order chi connectivity index (χ0) is 10.6. The molecule has 0 saturated carbocycles. The van der Waals surface area contributed by atoms with Gasteiger partial charge in [-0.15, -0.1) is 10.2 Å². The second-order valence-corrected chi connectivity index (χ2v) is 5.34. The average molecular weight is 219 g/mol. The Morgan fingerprint density at radius 1 is 1.57 bits per heavy atom. The summed E-state index contributed by atoms with van der Waals surface area (Å²) in [4.78, 5) is 0. The van der Waals surface area contributed by atoms with Gasteiger partial charge in [0.05, 0.1) is 5.75 Å². The maximum atomic E-state index is 10.8. The SMILES string of the molecule is CS(=O)(=O)CCCn1cnnc1CO. The van der Waals surface area contributed by atoms with Crippen molar-refractivity contribution in [1.82, 2.24) is 14.8 Å². The third kappa shape index (κ3) is 3.43. The van der Waals surface area contributed by atoms with Gasteiger partial charge >= 0.3 is 0 Å². The smallest absolute Gasteiger partial charge is 0.158 e. The van der Waals surface area contributed by atoms with Crippen LogP contribution >= 0.6 is 0 Å². The monoisotopic (exact) mass is 219 g/mol. The van der Waals surface area contributed by atoms with Crippen LogP contribution in [0.25, 0.3) is 0 Å². The molecule has 0 aliphatic heterocycles. The van der Waals surface area contributed by atoms with Gasteiger partial charge in [-0.3, -0.25) is 0 Å². The predicted molar refractivity (Wildman–Crippen MR) is 50.3 cm³/mol. The Morgan fingerprint density at radius 3 is 2.86 bits per heavy atom. The minimum atomic E-state index is -2.91. The van der Waals surface area contributed by atoms with Crippen molar-refractivity contribution >= 4 is 9.84 Å². The van der Waals surface area contributed by atoms with Crippen LogP contribution in [0, 0.1) is 0 Å². The molecule has 80 valence electrons. The van der Waals surface area contributed by atoms with Crippen molar-refractivity contribution in [2.24, 2.45) is 0 Å². The summed E-state index contributed by atoms with van der Waals surface area (Å²) >= 11 is 0. The fraction of sp³-hybridized carbons (Fsp3) is 0.714. The Balaban J connectivity index is 2.46. The molecule has 6 nitrogen and oxygen atoms in total. The number of rotatable bonds is 5. The van der Waals surface area contributed by atoms with E-state index in [-0.39, 0.29) is 12.4 Å². The molecule has 0 aliphatic rings. The number of nitrogens with zero attached hydrogens (tertiary/aromatic N) is 3. The molecular formula is C7H13N3O3S. The van der Waals surface area contributed by atoms with Crippen LogP contribution in [0.3, 0.4) is 0 Å². The van der Waals surface area contributed by atoms with Crippen LogP contribution in [-0.2, 0) is 23.0 Å². The molecule has 0 aliphatic carbocycles. The second kappa shape index (κ2) is 4.52. The number of aliphatic hydroxyl groups excluding tert-OH is 1. The largest absolute Gasteiger partial charge is 0.388 e. The van der Waals surface area contributed by atoms with E-state index in [1.165, 1.54) is 12.6 Å². The first-order chi connectivity index (χ1) is 6.53. The van der Waals surface area contributed by atoms with Crippen molar-refractivity contribution in [3.05, 3.63) is 12.2 Å². The van der Waals surface area contributed by atoms with Gasteiger partial charge in [0, 0.05) is 12.8 Å². The van der Waals surface area contributed by atoms with E-state index in [9.17, 15) is 8.42 Å². The summed E-state index contributed by atoms with van der Waals surface area (Å²) in [5, 5.41) is 16.1. The van der Waals surface area contributed by atoms with E-state index in [4.69, 9.17) is 5.11 Å². The number of sulfone groups is 1. The summed E-state index contributed by atoms with van der Waals surface area (Å²) in [6.07, 6.45) is 3.18. The van der Waals surface area contributed by atoms with Gasteiger partial charge in [-0.25, -0.2) is 8.42 Å². The van der Waals surface area contributed by atoms with Gasteiger partial charge in [0.1, 0.15) is 22.8 Å². The lowest BCUT2D eigenvalue weighted by Crippen LogP contribution is -2.09. The molecule has 1 aromatic heterocycles. The number of aliphatic hydroxyl groups is 1. The Kier molecular flexibility index (Phi) is 3.59. The van der Waals surface area contributed by atoms with Crippen molar-refractivity contribution in [1.29, 1.82) is 0 Å². The van der Waals surface area contributed by atoms with Crippen LogP contribution in [0.2, 0.25) is 0 Å². The zero-order valence-corrected chi connectivity index (χ0v) is 8.74. The van der Waals surface area contributed by atoms with Crippen molar-refractivity contribution in [2.75, 3.05) is 12.0 Å². The Morgan fingerprint density at radius 2 is 2.29 bits per heavy atom. The van der Waals surface area contributed by atoms with Crippen molar-refractivity contribution in [3.8, 4) is 0 Å². The molecule has 0 bridgehead atoms. The minimum absolute atomic E-state index is 0.135. The quantitative estimate of drug-likeness (QED) is 0.701. The Hall–Kier alpha value is -0.950. The van der Waals surface area contributed by atoms with Crippen LogP contribution in [0.5, 0.6) is 0 Å². The number of hydrogen-bond acceptors (Lipinski definition) is 5. The zero-order valence-electron chi connectivity index (χ0n) is 7.92. The molecule has 0 aromatic carbocycles. The van der Waals surface area contributed by atoms with E-state index in [0.29, 0.717) is 18.8 Å². The summed E-state index contributed by atoms with van der Waals surface area (Å²) in [7, 11) is -2.91. The summed E-state index contributed by atoms with van der Waals surface area (Å²) in [6.45, 7) is 0.328. The van der Waals surface area contributed by atoms with Crippen molar-refractivity contribution in [3.63, 3.8) is 0 Å². The van der Waals surface area contributed by atoms with Crippen LogP contribution in [0.1, 0.15) is 12.2 Å². The molecule has 0 atom stereocenters. The van der Waals surface area contributed by atoms with E-state index in [1.807, 2.05) is 0 Å². The van der Waals surface area contributed by atoms with E-state index < -0.39 is 9.84 Å². The topological polar surface area (TPSA) is 85.1 Å². The summed E-state index contributed by atoms with van der Waals surface area (Å²) in [5.74, 6) is 0.592. The number of hydrogen-bond donors (Lipinski definition) is 1. The highest BCUT2D eigenvalue weighted by Crippen LogP contribution is 1.98. The molecule has 1 heterocycles. The standard InChI is InChI=1S/C7H13N3O3S/c1-14(12,13)4-2-3-10-6-8-9-7(10)5-11/h6,11H,2-5H2,1H3. The Labute approximate surface area is 82.5 Å². The Bertz CT molecular complexity index is 385. The van der Waals surface area contributed by atoms with Gasteiger partial charge < -0.3 is 9.67 Å². The average Bonchev–Trinajstić information content (AvgIpc) is 2.49. The van der Waals surface area contributed by atoms with Gasteiger partial charge in [0.15, 0.2) is 5.82 Å². The summed E-state index contributed by atoms with van der Waals surface area (Å²) in [5.41, 5.74) is 0. The molecule has 0 saturated heterocycles. The molecule has 0 unspecified atom stereocenters. The number of aromatic nitrogens is 3. The lowest BCUT2D eigenvalue weighted by Gasteiger charge is -2.03. The molecule has 14 heavy (non-hydrogen) atoms. The van der Waals surface area contributed by atoms with Crippen molar-refractivity contribution in [2.45, 2.75) is 19.6 Å². The molecular weight excluding hydrogens is 206 g/mol. The maximum absolute atomic E-state index is 10.8. The fourth-order valence-electron chi connectivity index (χ4n) is 1.09. The van der Waals surface area contributed by atoms with E-state index in [1.54, 1.807) is 4.57 Å². The van der Waals surface area contributed by atoms with Crippen molar-refractivity contribution < 1.29 is 13.5 Å². The van der Waals surface area contributed by atoms with Gasteiger partial charge in [-0.05, 0) is 6.42 Å². The van der Waals surface area contributed by atoms with Gasteiger partial charge in [0.25, 0.3) is 0 Å². The molecule has 0 radical (unpaired) electrons. The maximum Gasteiger partial charge on any atom is 0.158 e. The van der Waals surface area contributed by atoms with Crippen LogP contribution in [0.4, 0.5) is 0 Å². The highest BCUT2D eigenvalue weighted by Gasteiger charge is 2.05. The predicted octanol–water partition coefficient (Wildman–Crippen LogP) is -0.795. The van der Waals surface area contributed by atoms with Gasteiger partial charge in [0.2, 0.25) is 0 Å². The first kappa shape index (κ1) is 11.1. The van der Waals surface area contributed by atoms with Gasteiger partial charge in [-0.1, -0.05) is 0 Å².